The highest BCUT2D eigenvalue weighted by Gasteiger charge is 2.23. The van der Waals surface area contributed by atoms with Crippen molar-refractivity contribution in [1.29, 1.82) is 0 Å². The quantitative estimate of drug-likeness (QED) is 0.680. The van der Waals surface area contributed by atoms with Crippen LogP contribution in [0, 0.1) is 12.7 Å². The average molecular weight is 420 g/mol. The molecule has 0 unspecified atom stereocenters. The monoisotopic (exact) mass is 419 g/mol. The summed E-state index contributed by atoms with van der Waals surface area (Å²) in [6.45, 7) is 4.97. The lowest BCUT2D eigenvalue weighted by atomic mass is 9.87. The Labute approximate surface area is 181 Å². The number of ether oxygens (including phenoxy) is 1. The maximum absolute atomic E-state index is 14.2. The van der Waals surface area contributed by atoms with Crippen molar-refractivity contribution in [3.63, 3.8) is 0 Å². The van der Waals surface area contributed by atoms with E-state index in [0.717, 1.165) is 72.5 Å². The molecule has 2 aliphatic heterocycles. The second-order valence-electron chi connectivity index (χ2n) is 8.55. The molecule has 3 heterocycles. The molecule has 160 valence electrons. The zero-order chi connectivity index (χ0) is 21.4. The first-order valence-corrected chi connectivity index (χ1v) is 10.9. The molecule has 0 aliphatic carbocycles. The Morgan fingerprint density at radius 1 is 1.16 bits per heavy atom. The van der Waals surface area contributed by atoms with Gasteiger partial charge in [-0.2, -0.15) is 0 Å². The molecule has 5 rings (SSSR count). The van der Waals surface area contributed by atoms with E-state index in [9.17, 15) is 9.18 Å². The second-order valence-corrected chi connectivity index (χ2v) is 8.55. The number of aryl methyl sites for hydroxylation is 1. The van der Waals surface area contributed by atoms with E-state index in [1.807, 2.05) is 25.1 Å². The van der Waals surface area contributed by atoms with Crippen molar-refractivity contribution in [2.45, 2.75) is 32.1 Å². The third kappa shape index (κ3) is 4.26. The lowest BCUT2D eigenvalue weighted by molar-refractivity contribution is -0.118. The topological polar surface area (TPSA) is 54.5 Å². The molecule has 6 heteroatoms. The predicted molar refractivity (Wildman–Crippen MR) is 119 cm³/mol. The number of hydrogen-bond donors (Lipinski definition) is 1. The number of anilines is 1. The third-order valence-corrected chi connectivity index (χ3v) is 6.36. The number of likely N-dealkylation sites (tertiary alicyclic amines) is 1. The number of hydrogen-bond acceptors (Lipinski definition) is 4. The molecule has 5 nitrogen and oxygen atoms in total. The van der Waals surface area contributed by atoms with Crippen molar-refractivity contribution in [1.82, 2.24) is 9.88 Å². The first-order chi connectivity index (χ1) is 15.0. The zero-order valence-electron chi connectivity index (χ0n) is 17.7. The van der Waals surface area contributed by atoms with Crippen molar-refractivity contribution >= 4 is 22.5 Å². The molecule has 1 N–H and O–H groups in total. The Morgan fingerprint density at radius 3 is 2.84 bits per heavy atom. The van der Waals surface area contributed by atoms with Gasteiger partial charge in [0.2, 0.25) is 0 Å². The highest BCUT2D eigenvalue weighted by molar-refractivity contribution is 5.95. The van der Waals surface area contributed by atoms with E-state index < -0.39 is 0 Å². The summed E-state index contributed by atoms with van der Waals surface area (Å²) in [4.78, 5) is 18.5. The fourth-order valence-corrected chi connectivity index (χ4v) is 4.71. The van der Waals surface area contributed by atoms with Gasteiger partial charge in [-0.25, -0.2) is 4.39 Å². The first-order valence-electron chi connectivity index (χ1n) is 10.9. The molecule has 0 radical (unpaired) electrons. The number of amides is 1. The maximum atomic E-state index is 14.2. The summed E-state index contributed by atoms with van der Waals surface area (Å²) in [6.07, 6.45) is 2.95. The van der Waals surface area contributed by atoms with Crippen LogP contribution in [0.5, 0.6) is 5.75 Å². The molecule has 1 fully saturated rings. The standard InChI is InChI=1S/C25H26FN3O2/c1-16-2-4-20-21(13-19(26)14-22(20)27-16)18-7-10-29(11-8-18)9-6-17-3-5-24-23(12-17)28-25(30)15-31-24/h2-5,12-14,18H,6-11,15H2,1H3,(H,28,30). The van der Waals surface area contributed by atoms with Gasteiger partial charge in [-0.1, -0.05) is 12.1 Å². The van der Waals surface area contributed by atoms with Gasteiger partial charge in [-0.05, 0) is 80.6 Å². The third-order valence-electron chi connectivity index (χ3n) is 6.36. The fourth-order valence-electron chi connectivity index (χ4n) is 4.71. The van der Waals surface area contributed by atoms with Crippen LogP contribution in [0.3, 0.4) is 0 Å². The van der Waals surface area contributed by atoms with Crippen LogP contribution in [0.4, 0.5) is 10.1 Å². The van der Waals surface area contributed by atoms with Gasteiger partial charge in [0, 0.05) is 23.7 Å². The molecule has 31 heavy (non-hydrogen) atoms. The van der Waals surface area contributed by atoms with Crippen molar-refractivity contribution in [2.75, 3.05) is 31.6 Å². The number of aromatic nitrogens is 1. The van der Waals surface area contributed by atoms with E-state index in [4.69, 9.17) is 4.74 Å². The Bertz CT molecular complexity index is 1130. The van der Waals surface area contributed by atoms with Crippen molar-refractivity contribution in [2.24, 2.45) is 0 Å². The summed E-state index contributed by atoms with van der Waals surface area (Å²) in [5.41, 5.74) is 4.69. The number of carbonyl (C=O) groups excluding carboxylic acids is 1. The molecule has 2 aromatic carbocycles. The molecule has 1 amide bonds. The summed E-state index contributed by atoms with van der Waals surface area (Å²) in [6, 6.07) is 13.3. The van der Waals surface area contributed by atoms with Crippen molar-refractivity contribution < 1.29 is 13.9 Å². The molecule has 3 aromatic rings. The number of carbonyl (C=O) groups is 1. The molecule has 0 spiro atoms. The van der Waals surface area contributed by atoms with E-state index in [-0.39, 0.29) is 18.3 Å². The Balaban J connectivity index is 1.22. The maximum Gasteiger partial charge on any atom is 0.262 e. The minimum absolute atomic E-state index is 0.0809. The van der Waals surface area contributed by atoms with Crippen LogP contribution in [0.15, 0.2) is 42.5 Å². The number of nitrogens with zero attached hydrogens (tertiary/aromatic N) is 2. The summed E-state index contributed by atoms with van der Waals surface area (Å²) in [5.74, 6) is 0.777. The van der Waals surface area contributed by atoms with Gasteiger partial charge in [-0.3, -0.25) is 9.78 Å². The Morgan fingerprint density at radius 2 is 2.00 bits per heavy atom. The number of benzene rings is 2. The fraction of sp³-hybridized carbons (Fsp3) is 0.360. The lowest BCUT2D eigenvalue weighted by Crippen LogP contribution is -2.34. The normalized spacial score (nSPS) is 17.3. The summed E-state index contributed by atoms with van der Waals surface area (Å²) < 4.78 is 19.7. The van der Waals surface area contributed by atoms with Crippen molar-refractivity contribution in [3.8, 4) is 5.75 Å². The lowest BCUT2D eigenvalue weighted by Gasteiger charge is -2.32. The second kappa shape index (κ2) is 8.27. The highest BCUT2D eigenvalue weighted by atomic mass is 19.1. The van der Waals surface area contributed by atoms with Gasteiger partial charge in [0.15, 0.2) is 6.61 Å². The summed E-state index contributed by atoms with van der Waals surface area (Å²) in [7, 11) is 0. The predicted octanol–water partition coefficient (Wildman–Crippen LogP) is 4.44. The van der Waals surface area contributed by atoms with Crippen LogP contribution in [0.1, 0.15) is 35.6 Å². The number of fused-ring (bicyclic) bond motifs is 2. The largest absolute Gasteiger partial charge is 0.482 e. The first kappa shape index (κ1) is 19.9. The average Bonchev–Trinajstić information content (AvgIpc) is 2.77. The van der Waals surface area contributed by atoms with Gasteiger partial charge in [0.05, 0.1) is 11.2 Å². The smallest absolute Gasteiger partial charge is 0.262 e. The van der Waals surface area contributed by atoms with Crippen molar-refractivity contribution in [3.05, 3.63) is 65.1 Å². The van der Waals surface area contributed by atoms with Gasteiger partial charge >= 0.3 is 0 Å². The minimum Gasteiger partial charge on any atom is -0.482 e. The number of nitrogens with one attached hydrogen (secondary N) is 1. The molecule has 0 saturated carbocycles. The van der Waals surface area contributed by atoms with E-state index in [1.165, 1.54) is 11.6 Å². The Hall–Kier alpha value is -2.99. The van der Waals surface area contributed by atoms with E-state index >= 15 is 0 Å². The number of halogens is 1. The van der Waals surface area contributed by atoms with Crippen LogP contribution in [0.2, 0.25) is 0 Å². The van der Waals surface area contributed by atoms with Gasteiger partial charge < -0.3 is 15.0 Å². The van der Waals surface area contributed by atoms with E-state index in [0.29, 0.717) is 5.92 Å². The Kier molecular flexibility index (Phi) is 5.32. The number of piperidine rings is 1. The van der Waals surface area contributed by atoms with Crippen LogP contribution in [-0.2, 0) is 11.2 Å². The molecule has 1 saturated heterocycles. The number of pyridine rings is 1. The van der Waals surface area contributed by atoms with Gasteiger partial charge in [-0.15, -0.1) is 0 Å². The number of rotatable bonds is 4. The van der Waals surface area contributed by atoms with Gasteiger partial charge in [0.1, 0.15) is 11.6 Å². The van der Waals surface area contributed by atoms with E-state index in [2.05, 4.69) is 27.3 Å². The zero-order valence-corrected chi connectivity index (χ0v) is 17.7. The molecule has 2 aliphatic rings. The van der Waals surface area contributed by atoms with E-state index in [1.54, 1.807) is 6.07 Å². The van der Waals surface area contributed by atoms with Crippen LogP contribution in [-0.4, -0.2) is 42.0 Å². The summed E-state index contributed by atoms with van der Waals surface area (Å²) >= 11 is 0. The molecule has 1 aromatic heterocycles. The molecule has 0 bridgehead atoms. The van der Waals surface area contributed by atoms with Crippen LogP contribution >= 0.6 is 0 Å². The SMILES string of the molecule is Cc1ccc2c(C3CCN(CCc4ccc5c(c4)NC(=O)CO5)CC3)cc(F)cc2n1. The summed E-state index contributed by atoms with van der Waals surface area (Å²) in [5, 5.41) is 3.94. The van der Waals surface area contributed by atoms with Crippen LogP contribution < -0.4 is 10.1 Å². The minimum atomic E-state index is -0.202. The highest BCUT2D eigenvalue weighted by Crippen LogP contribution is 2.34. The molecular weight excluding hydrogens is 393 g/mol. The molecule has 0 atom stereocenters. The van der Waals surface area contributed by atoms with Crippen LogP contribution in [0.25, 0.3) is 10.9 Å². The molecular formula is C25H26FN3O2. The van der Waals surface area contributed by atoms with Gasteiger partial charge in [0.25, 0.3) is 5.91 Å².